The predicted molar refractivity (Wildman–Crippen MR) is 34.2 cm³/mol. The lowest BCUT2D eigenvalue weighted by atomic mass is 10.5. The molecule has 0 saturated heterocycles. The van der Waals surface area contributed by atoms with E-state index in [4.69, 9.17) is 5.11 Å². The molecule has 1 atom stereocenters. The highest BCUT2D eigenvalue weighted by Crippen LogP contribution is 2.22. The van der Waals surface area contributed by atoms with Gasteiger partial charge in [0.05, 0.1) is 5.33 Å². The minimum absolute atomic E-state index is 0.255. The molecule has 0 unspecified atom stereocenters. The monoisotopic (exact) mass is 248 g/mol. The summed E-state index contributed by atoms with van der Waals surface area (Å²) in [5.41, 5.74) is 0. The molecule has 0 aromatic carbocycles. The number of carbonyl (C=O) groups is 1. The highest BCUT2D eigenvalue weighted by molar-refractivity contribution is 9.12. The van der Waals surface area contributed by atoms with Crippen molar-refractivity contribution in [3.8, 4) is 0 Å². The van der Waals surface area contributed by atoms with Crippen LogP contribution in [0.25, 0.3) is 0 Å². The van der Waals surface area contributed by atoms with Crippen molar-refractivity contribution < 1.29 is 14.3 Å². The molecule has 0 saturated carbocycles. The molecule has 0 radical (unpaired) electrons. The van der Waals surface area contributed by atoms with Gasteiger partial charge in [0.15, 0.2) is 0 Å². The molecule has 48 valence electrons. The van der Waals surface area contributed by atoms with Crippen molar-refractivity contribution in [2.45, 2.75) is 4.58 Å². The van der Waals surface area contributed by atoms with Gasteiger partial charge in [0.25, 0.3) is 4.58 Å². The van der Waals surface area contributed by atoms with Crippen LogP contribution in [0.3, 0.4) is 0 Å². The molecule has 5 heteroatoms. The molecule has 0 rings (SSSR count). The first-order valence-electron chi connectivity index (χ1n) is 1.68. The normalized spacial score (nSPS) is 17.4. The molecule has 2 nitrogen and oxygen atoms in total. The maximum atomic E-state index is 12.2. The van der Waals surface area contributed by atoms with Crippen LogP contribution >= 0.6 is 31.9 Å². The van der Waals surface area contributed by atoms with Crippen LogP contribution in [0.2, 0.25) is 0 Å². The van der Waals surface area contributed by atoms with E-state index in [0.29, 0.717) is 0 Å². The molecule has 0 aromatic heterocycles. The van der Waals surface area contributed by atoms with Crippen molar-refractivity contribution in [2.75, 3.05) is 5.33 Å². The van der Waals surface area contributed by atoms with E-state index in [9.17, 15) is 9.18 Å². The molecule has 0 aliphatic heterocycles. The SMILES string of the molecule is O=C(O)[C@](F)(Br)CBr. The summed E-state index contributed by atoms with van der Waals surface area (Å²) in [5, 5.41) is 7.73. The molecular formula is C3H3Br2FO2. The van der Waals surface area contributed by atoms with Gasteiger partial charge < -0.3 is 5.11 Å². The lowest BCUT2D eigenvalue weighted by Crippen LogP contribution is -2.27. The van der Waals surface area contributed by atoms with Crippen LogP contribution in [0.15, 0.2) is 0 Å². The number of carboxylic acid groups (broad SMARTS) is 1. The Morgan fingerprint density at radius 3 is 2.25 bits per heavy atom. The third kappa shape index (κ3) is 2.09. The van der Waals surface area contributed by atoms with Crippen LogP contribution in [0.5, 0.6) is 0 Å². The van der Waals surface area contributed by atoms with Gasteiger partial charge in [-0.3, -0.25) is 0 Å². The standard InChI is InChI=1S/C3H3Br2FO2/c4-1-3(5,6)2(7)8/h1H2,(H,7,8)/t3-/m0/s1. The van der Waals surface area contributed by atoms with E-state index < -0.39 is 10.5 Å². The number of hydrogen-bond acceptors (Lipinski definition) is 1. The maximum Gasteiger partial charge on any atom is 0.353 e. The zero-order chi connectivity index (χ0) is 6.78. The van der Waals surface area contributed by atoms with Gasteiger partial charge in [-0.2, -0.15) is 0 Å². The van der Waals surface area contributed by atoms with E-state index in [1.807, 2.05) is 0 Å². The van der Waals surface area contributed by atoms with Gasteiger partial charge in [-0.1, -0.05) is 15.9 Å². The second kappa shape index (κ2) is 2.77. The fourth-order valence-corrected chi connectivity index (χ4v) is 0.297. The van der Waals surface area contributed by atoms with Crippen molar-refractivity contribution in [2.24, 2.45) is 0 Å². The second-order valence-corrected chi connectivity index (χ2v) is 2.96. The maximum absolute atomic E-state index is 12.2. The van der Waals surface area contributed by atoms with Gasteiger partial charge in [0.2, 0.25) is 0 Å². The number of halogens is 3. The Morgan fingerprint density at radius 2 is 2.25 bits per heavy atom. The molecule has 0 aliphatic rings. The molecular weight excluding hydrogens is 247 g/mol. The molecule has 1 N–H and O–H groups in total. The fourth-order valence-electron chi connectivity index (χ4n) is 0.0572. The summed E-state index contributed by atoms with van der Waals surface area (Å²) >= 11 is 5.00. The highest BCUT2D eigenvalue weighted by Gasteiger charge is 2.33. The van der Waals surface area contributed by atoms with Gasteiger partial charge in [0, 0.05) is 0 Å². The summed E-state index contributed by atoms with van der Waals surface area (Å²) in [6.45, 7) is 0. The van der Waals surface area contributed by atoms with Crippen LogP contribution in [0.4, 0.5) is 4.39 Å². The second-order valence-electron chi connectivity index (χ2n) is 1.14. The quantitative estimate of drug-likeness (QED) is 0.754. The summed E-state index contributed by atoms with van der Waals surface area (Å²) in [7, 11) is 0. The Labute approximate surface area is 62.3 Å². The number of hydrogen-bond donors (Lipinski definition) is 1. The minimum atomic E-state index is -2.31. The molecule has 0 spiro atoms. The minimum Gasteiger partial charge on any atom is -0.478 e. The summed E-state index contributed by atoms with van der Waals surface area (Å²) in [6, 6.07) is 0. The van der Waals surface area contributed by atoms with Crippen LogP contribution < -0.4 is 0 Å². The van der Waals surface area contributed by atoms with Crippen molar-refractivity contribution in [1.82, 2.24) is 0 Å². The molecule has 0 aromatic rings. The number of carboxylic acids is 1. The van der Waals surface area contributed by atoms with Gasteiger partial charge in [-0.25, -0.2) is 9.18 Å². The first-order valence-corrected chi connectivity index (χ1v) is 3.59. The molecule has 0 aliphatic carbocycles. The van der Waals surface area contributed by atoms with Crippen molar-refractivity contribution in [3.05, 3.63) is 0 Å². The first kappa shape index (κ1) is 8.36. The number of aliphatic carboxylic acids is 1. The molecule has 0 fully saturated rings. The number of rotatable bonds is 2. The van der Waals surface area contributed by atoms with Gasteiger partial charge in [-0.15, -0.1) is 0 Å². The summed E-state index contributed by atoms with van der Waals surface area (Å²) in [4.78, 5) is 9.80. The third-order valence-corrected chi connectivity index (χ3v) is 2.63. The highest BCUT2D eigenvalue weighted by atomic mass is 79.9. The Kier molecular flexibility index (Phi) is 2.90. The van der Waals surface area contributed by atoms with E-state index >= 15 is 0 Å². The van der Waals surface area contributed by atoms with E-state index in [1.54, 1.807) is 0 Å². The zero-order valence-electron chi connectivity index (χ0n) is 3.70. The van der Waals surface area contributed by atoms with E-state index in [2.05, 4.69) is 31.9 Å². The first-order chi connectivity index (χ1) is 3.50. The summed E-state index contributed by atoms with van der Waals surface area (Å²) in [6.07, 6.45) is 0. The van der Waals surface area contributed by atoms with Crippen LogP contribution in [0.1, 0.15) is 0 Å². The van der Waals surface area contributed by atoms with Crippen LogP contribution in [-0.2, 0) is 4.79 Å². The van der Waals surface area contributed by atoms with Crippen LogP contribution in [0, 0.1) is 0 Å². The van der Waals surface area contributed by atoms with Crippen LogP contribution in [-0.4, -0.2) is 21.0 Å². The molecule has 0 bridgehead atoms. The lowest BCUT2D eigenvalue weighted by molar-refractivity contribution is -0.143. The Bertz CT molecular complexity index is 103. The molecule has 0 amide bonds. The largest absolute Gasteiger partial charge is 0.478 e. The Balaban J connectivity index is 3.91. The topological polar surface area (TPSA) is 37.3 Å². The van der Waals surface area contributed by atoms with Crippen molar-refractivity contribution in [1.29, 1.82) is 0 Å². The van der Waals surface area contributed by atoms with Gasteiger partial charge in [-0.05, 0) is 15.9 Å². The smallest absolute Gasteiger partial charge is 0.353 e. The average molecular weight is 250 g/mol. The Hall–Kier alpha value is 0.360. The van der Waals surface area contributed by atoms with E-state index in [-0.39, 0.29) is 5.33 Å². The average Bonchev–Trinajstić information content (AvgIpc) is 1.67. The summed E-state index contributed by atoms with van der Waals surface area (Å²) < 4.78 is 9.90. The molecule has 8 heavy (non-hydrogen) atoms. The van der Waals surface area contributed by atoms with E-state index in [0.717, 1.165) is 0 Å². The third-order valence-electron chi connectivity index (χ3n) is 0.481. The lowest BCUT2D eigenvalue weighted by Gasteiger charge is -2.06. The van der Waals surface area contributed by atoms with Gasteiger partial charge in [0.1, 0.15) is 0 Å². The van der Waals surface area contributed by atoms with Crippen molar-refractivity contribution >= 4 is 37.8 Å². The molecule has 0 heterocycles. The van der Waals surface area contributed by atoms with E-state index in [1.165, 1.54) is 0 Å². The fraction of sp³-hybridized carbons (Fsp3) is 0.667. The predicted octanol–water partition coefficient (Wildman–Crippen LogP) is 1.53. The Morgan fingerprint density at radius 1 is 1.88 bits per heavy atom. The zero-order valence-corrected chi connectivity index (χ0v) is 6.87. The van der Waals surface area contributed by atoms with Crippen molar-refractivity contribution in [3.63, 3.8) is 0 Å². The van der Waals surface area contributed by atoms with Gasteiger partial charge >= 0.3 is 5.97 Å². The summed E-state index contributed by atoms with van der Waals surface area (Å²) in [5.74, 6) is -1.52. The number of alkyl halides is 3.